The topological polar surface area (TPSA) is 0 Å². The molecule has 4 rings (SSSR count). The van der Waals surface area contributed by atoms with Gasteiger partial charge in [0.05, 0.1) is 0 Å². The van der Waals surface area contributed by atoms with Crippen LogP contribution in [0.5, 0.6) is 0 Å². The van der Waals surface area contributed by atoms with Crippen LogP contribution in [-0.2, 0) is 0 Å². The molecule has 0 N–H and O–H groups in total. The molecule has 2 aromatic rings. The number of fused-ring (bicyclic) bond motifs is 2. The van der Waals surface area contributed by atoms with Crippen LogP contribution in [0.3, 0.4) is 0 Å². The highest BCUT2D eigenvalue weighted by molar-refractivity contribution is 5.95. The van der Waals surface area contributed by atoms with Gasteiger partial charge >= 0.3 is 0 Å². The number of hydrogen-bond acceptors (Lipinski definition) is 0. The van der Waals surface area contributed by atoms with E-state index in [1.807, 2.05) is 0 Å². The van der Waals surface area contributed by atoms with Crippen LogP contribution in [0.1, 0.15) is 30.4 Å². The lowest BCUT2D eigenvalue weighted by Gasteiger charge is -2.20. The molecule has 0 heterocycles. The van der Waals surface area contributed by atoms with Crippen LogP contribution < -0.4 is 0 Å². The molecule has 2 aromatic carbocycles. The Balaban J connectivity index is 1.91. The van der Waals surface area contributed by atoms with Gasteiger partial charge in [-0.2, -0.15) is 0 Å². The van der Waals surface area contributed by atoms with Gasteiger partial charge in [-0.3, -0.25) is 0 Å². The van der Waals surface area contributed by atoms with E-state index >= 15 is 0 Å². The summed E-state index contributed by atoms with van der Waals surface area (Å²) >= 11 is 0. The van der Waals surface area contributed by atoms with Gasteiger partial charge in [0.15, 0.2) is 0 Å². The van der Waals surface area contributed by atoms with E-state index in [1.54, 1.807) is 11.1 Å². The molecule has 94 valence electrons. The van der Waals surface area contributed by atoms with Crippen molar-refractivity contribution in [1.82, 2.24) is 0 Å². The van der Waals surface area contributed by atoms with Gasteiger partial charge in [0.1, 0.15) is 0 Å². The smallest absolute Gasteiger partial charge is 0.0147 e. The summed E-state index contributed by atoms with van der Waals surface area (Å²) in [6, 6.07) is 22.0. The first-order valence-electron chi connectivity index (χ1n) is 7.28. The molecule has 2 bridgehead atoms. The Kier molecular flexibility index (Phi) is 2.55. The summed E-state index contributed by atoms with van der Waals surface area (Å²) in [5, 5.41) is 0. The Morgan fingerprint density at radius 2 is 1.00 bits per heavy atom. The zero-order chi connectivity index (χ0) is 12.7. The molecule has 0 unspecified atom stereocenters. The standard InChI is InChI=1S/C19H18/c1-3-7-14(8-4-1)18-16-11-12-17(13-16)19(18)15-9-5-2-6-10-15/h1-10,16-17H,11-13H2/t16-,17+. The zero-order valence-electron chi connectivity index (χ0n) is 11.0. The Hall–Kier alpha value is -1.82. The van der Waals surface area contributed by atoms with Crippen molar-refractivity contribution in [2.45, 2.75) is 19.3 Å². The molecule has 0 nitrogen and oxygen atoms in total. The monoisotopic (exact) mass is 246 g/mol. The van der Waals surface area contributed by atoms with Gasteiger partial charge in [-0.05, 0) is 53.4 Å². The molecule has 0 aliphatic heterocycles. The van der Waals surface area contributed by atoms with Gasteiger partial charge in [-0.25, -0.2) is 0 Å². The Labute approximate surface area is 114 Å². The maximum atomic E-state index is 2.28. The Morgan fingerprint density at radius 1 is 0.579 bits per heavy atom. The largest absolute Gasteiger partial charge is 0.0622 e. The molecule has 0 amide bonds. The summed E-state index contributed by atoms with van der Waals surface area (Å²) in [5.41, 5.74) is 6.13. The maximum absolute atomic E-state index is 2.28. The van der Waals surface area contributed by atoms with Crippen LogP contribution in [0.2, 0.25) is 0 Å². The minimum absolute atomic E-state index is 0.794. The SMILES string of the molecule is c1ccc(C2=C(c3ccccc3)[C@H]3CC[C@@H]2C3)cc1. The first-order chi connectivity index (χ1) is 9.43. The van der Waals surface area contributed by atoms with Crippen LogP contribution in [0.15, 0.2) is 60.7 Å². The summed E-state index contributed by atoms with van der Waals surface area (Å²) in [4.78, 5) is 0. The third kappa shape index (κ3) is 1.74. The molecule has 0 saturated heterocycles. The van der Waals surface area contributed by atoms with Crippen LogP contribution in [0.4, 0.5) is 0 Å². The average molecular weight is 246 g/mol. The molecule has 0 spiro atoms. The van der Waals surface area contributed by atoms with Crippen molar-refractivity contribution >= 4 is 11.1 Å². The highest BCUT2D eigenvalue weighted by atomic mass is 14.4. The summed E-state index contributed by atoms with van der Waals surface area (Å²) in [5.74, 6) is 1.59. The lowest BCUT2D eigenvalue weighted by molar-refractivity contribution is 0.705. The first kappa shape index (κ1) is 11.0. The number of rotatable bonds is 2. The van der Waals surface area contributed by atoms with E-state index in [2.05, 4.69) is 60.7 Å². The molecule has 0 heteroatoms. The van der Waals surface area contributed by atoms with Gasteiger partial charge in [-0.15, -0.1) is 0 Å². The molecule has 2 atom stereocenters. The Bertz CT molecular complexity index is 552. The lowest BCUT2D eigenvalue weighted by Crippen LogP contribution is -2.02. The van der Waals surface area contributed by atoms with E-state index < -0.39 is 0 Å². The van der Waals surface area contributed by atoms with E-state index in [0.29, 0.717) is 0 Å². The second-order valence-electron chi connectivity index (χ2n) is 5.77. The normalized spacial score (nSPS) is 25.1. The predicted octanol–water partition coefficient (Wildman–Crippen LogP) is 5.03. The van der Waals surface area contributed by atoms with Gasteiger partial charge in [0, 0.05) is 0 Å². The van der Waals surface area contributed by atoms with Gasteiger partial charge < -0.3 is 0 Å². The molecular formula is C19H18. The van der Waals surface area contributed by atoms with E-state index in [0.717, 1.165) is 11.8 Å². The van der Waals surface area contributed by atoms with Crippen molar-refractivity contribution in [3.05, 3.63) is 71.8 Å². The highest BCUT2D eigenvalue weighted by Gasteiger charge is 2.39. The first-order valence-corrected chi connectivity index (χ1v) is 7.28. The van der Waals surface area contributed by atoms with Crippen molar-refractivity contribution in [2.24, 2.45) is 11.8 Å². The fourth-order valence-electron chi connectivity index (χ4n) is 3.96. The molecule has 1 saturated carbocycles. The van der Waals surface area contributed by atoms with Crippen molar-refractivity contribution in [3.63, 3.8) is 0 Å². The maximum Gasteiger partial charge on any atom is -0.0147 e. The number of benzene rings is 2. The van der Waals surface area contributed by atoms with Crippen LogP contribution in [0, 0.1) is 11.8 Å². The summed E-state index contributed by atoms with van der Waals surface area (Å²) in [7, 11) is 0. The molecule has 0 radical (unpaired) electrons. The zero-order valence-corrected chi connectivity index (χ0v) is 11.0. The summed E-state index contributed by atoms with van der Waals surface area (Å²) in [6.07, 6.45) is 4.13. The Morgan fingerprint density at radius 3 is 1.42 bits per heavy atom. The van der Waals surface area contributed by atoms with E-state index in [-0.39, 0.29) is 0 Å². The lowest BCUT2D eigenvalue weighted by atomic mass is 9.84. The highest BCUT2D eigenvalue weighted by Crippen LogP contribution is 2.55. The van der Waals surface area contributed by atoms with Crippen molar-refractivity contribution < 1.29 is 0 Å². The van der Waals surface area contributed by atoms with E-state index in [9.17, 15) is 0 Å². The van der Waals surface area contributed by atoms with Crippen molar-refractivity contribution in [1.29, 1.82) is 0 Å². The van der Waals surface area contributed by atoms with Crippen LogP contribution in [-0.4, -0.2) is 0 Å². The fourth-order valence-corrected chi connectivity index (χ4v) is 3.96. The van der Waals surface area contributed by atoms with Gasteiger partial charge in [0.25, 0.3) is 0 Å². The molecule has 2 aliphatic rings. The third-order valence-electron chi connectivity index (χ3n) is 4.71. The van der Waals surface area contributed by atoms with E-state index in [1.165, 1.54) is 30.4 Å². The minimum Gasteiger partial charge on any atom is -0.0622 e. The number of allylic oxidation sites excluding steroid dienone is 2. The number of hydrogen-bond donors (Lipinski definition) is 0. The van der Waals surface area contributed by atoms with E-state index in [4.69, 9.17) is 0 Å². The summed E-state index contributed by atoms with van der Waals surface area (Å²) < 4.78 is 0. The molecule has 0 aromatic heterocycles. The van der Waals surface area contributed by atoms with Gasteiger partial charge in [0.2, 0.25) is 0 Å². The molecule has 2 aliphatic carbocycles. The second kappa shape index (κ2) is 4.38. The van der Waals surface area contributed by atoms with Crippen LogP contribution in [0.25, 0.3) is 11.1 Å². The summed E-state index contributed by atoms with van der Waals surface area (Å²) in [6.45, 7) is 0. The average Bonchev–Trinajstić information content (AvgIpc) is 3.10. The van der Waals surface area contributed by atoms with Gasteiger partial charge in [-0.1, -0.05) is 60.7 Å². The second-order valence-corrected chi connectivity index (χ2v) is 5.77. The fraction of sp³-hybridized carbons (Fsp3) is 0.263. The molecule has 1 fully saturated rings. The van der Waals surface area contributed by atoms with Crippen molar-refractivity contribution in [3.8, 4) is 0 Å². The predicted molar refractivity (Wildman–Crippen MR) is 80.5 cm³/mol. The van der Waals surface area contributed by atoms with Crippen LogP contribution >= 0.6 is 0 Å². The van der Waals surface area contributed by atoms with Crippen molar-refractivity contribution in [2.75, 3.05) is 0 Å². The third-order valence-corrected chi connectivity index (χ3v) is 4.71. The molecular weight excluding hydrogens is 228 g/mol. The molecule has 19 heavy (non-hydrogen) atoms. The minimum atomic E-state index is 0.794. The quantitative estimate of drug-likeness (QED) is 0.697.